The Morgan fingerprint density at radius 1 is 1.35 bits per heavy atom. The number of hydrogen-bond acceptors (Lipinski definition) is 2. The van der Waals surface area contributed by atoms with Crippen molar-refractivity contribution in [3.05, 3.63) is 16.4 Å². The Hall–Kier alpha value is -0.830. The summed E-state index contributed by atoms with van der Waals surface area (Å²) in [5, 5.41) is 5.10. The molecule has 4 heteroatoms. The maximum atomic E-state index is 11.2. The van der Waals surface area contributed by atoms with Crippen LogP contribution >= 0.6 is 11.6 Å². The van der Waals surface area contributed by atoms with Gasteiger partial charge in [-0.3, -0.25) is 4.79 Å². The molecule has 0 atom stereocenters. The van der Waals surface area contributed by atoms with Gasteiger partial charge in [0.15, 0.2) is 6.29 Å². The van der Waals surface area contributed by atoms with E-state index in [0.717, 1.165) is 24.8 Å². The lowest BCUT2D eigenvalue weighted by molar-refractivity contribution is 0.112. The third kappa shape index (κ3) is 2.25. The van der Waals surface area contributed by atoms with Gasteiger partial charge in [-0.1, -0.05) is 45.2 Å². The fourth-order valence-corrected chi connectivity index (χ4v) is 2.79. The first kappa shape index (κ1) is 12.6. The highest BCUT2D eigenvalue weighted by atomic mass is 35.5. The molecule has 0 bridgehead atoms. The molecule has 94 valence electrons. The molecular weight excluding hydrogens is 236 g/mol. The third-order valence-electron chi connectivity index (χ3n) is 3.39. The average Bonchev–Trinajstić information content (AvgIpc) is 2.82. The molecular formula is C13H19ClN2O. The molecule has 0 saturated heterocycles. The highest BCUT2D eigenvalue weighted by molar-refractivity contribution is 6.32. The summed E-state index contributed by atoms with van der Waals surface area (Å²) in [4.78, 5) is 11.2. The van der Waals surface area contributed by atoms with E-state index >= 15 is 0 Å². The zero-order chi connectivity index (χ0) is 12.6. The quantitative estimate of drug-likeness (QED) is 0.753. The largest absolute Gasteiger partial charge is 0.298 e. The maximum Gasteiger partial charge on any atom is 0.155 e. The van der Waals surface area contributed by atoms with E-state index in [1.807, 2.05) is 4.68 Å². The van der Waals surface area contributed by atoms with Crippen LogP contribution in [0.5, 0.6) is 0 Å². The van der Waals surface area contributed by atoms with Gasteiger partial charge in [-0.15, -0.1) is 0 Å². The number of hydrogen-bond donors (Lipinski definition) is 0. The predicted molar refractivity (Wildman–Crippen MR) is 68.8 cm³/mol. The Kier molecular flexibility index (Phi) is 3.30. The number of nitrogens with zero attached hydrogens (tertiary/aromatic N) is 2. The maximum absolute atomic E-state index is 11.2. The van der Waals surface area contributed by atoms with Gasteiger partial charge in [0.05, 0.1) is 17.3 Å². The third-order valence-corrected chi connectivity index (χ3v) is 3.76. The molecule has 1 aromatic rings. The second-order valence-corrected chi connectivity index (χ2v) is 6.16. The lowest BCUT2D eigenvalue weighted by Crippen LogP contribution is -2.15. The Balaban J connectivity index is 2.48. The van der Waals surface area contributed by atoms with Crippen LogP contribution in [-0.4, -0.2) is 16.1 Å². The van der Waals surface area contributed by atoms with Gasteiger partial charge in [0.1, 0.15) is 5.15 Å². The summed E-state index contributed by atoms with van der Waals surface area (Å²) in [5.41, 5.74) is 1.22. The van der Waals surface area contributed by atoms with Crippen molar-refractivity contribution < 1.29 is 4.79 Å². The summed E-state index contributed by atoms with van der Waals surface area (Å²) in [6.07, 6.45) is 5.51. The minimum Gasteiger partial charge on any atom is -0.298 e. The average molecular weight is 255 g/mol. The van der Waals surface area contributed by atoms with E-state index < -0.39 is 0 Å². The van der Waals surface area contributed by atoms with Crippen LogP contribution < -0.4 is 0 Å². The summed E-state index contributed by atoms with van der Waals surface area (Å²) in [7, 11) is 0. The van der Waals surface area contributed by atoms with Crippen molar-refractivity contribution in [3.8, 4) is 0 Å². The monoisotopic (exact) mass is 254 g/mol. The van der Waals surface area contributed by atoms with Crippen LogP contribution in [-0.2, 0) is 5.41 Å². The second kappa shape index (κ2) is 4.45. The molecule has 1 saturated carbocycles. The van der Waals surface area contributed by atoms with E-state index in [-0.39, 0.29) is 5.41 Å². The zero-order valence-corrected chi connectivity index (χ0v) is 11.4. The smallest absolute Gasteiger partial charge is 0.155 e. The van der Waals surface area contributed by atoms with Crippen LogP contribution in [0.4, 0.5) is 0 Å². The SMILES string of the molecule is CC(C)(C)c1nn(C2CCCC2)c(Cl)c1C=O. The first-order valence-electron chi connectivity index (χ1n) is 6.19. The van der Waals surface area contributed by atoms with E-state index in [2.05, 4.69) is 25.9 Å². The van der Waals surface area contributed by atoms with E-state index in [1.165, 1.54) is 12.8 Å². The van der Waals surface area contributed by atoms with Gasteiger partial charge in [-0.05, 0) is 12.8 Å². The number of rotatable bonds is 2. The van der Waals surface area contributed by atoms with Crippen molar-refractivity contribution in [1.29, 1.82) is 0 Å². The Labute approximate surface area is 107 Å². The number of aromatic nitrogens is 2. The lowest BCUT2D eigenvalue weighted by Gasteiger charge is -2.16. The van der Waals surface area contributed by atoms with Crippen molar-refractivity contribution in [2.75, 3.05) is 0 Å². The van der Waals surface area contributed by atoms with Crippen molar-refractivity contribution in [2.24, 2.45) is 0 Å². The first-order valence-corrected chi connectivity index (χ1v) is 6.56. The van der Waals surface area contributed by atoms with Gasteiger partial charge in [0.2, 0.25) is 0 Å². The number of carbonyl (C=O) groups is 1. The minimum absolute atomic E-state index is 0.149. The second-order valence-electron chi connectivity index (χ2n) is 5.80. The Morgan fingerprint density at radius 2 is 1.94 bits per heavy atom. The van der Waals surface area contributed by atoms with Crippen molar-refractivity contribution in [1.82, 2.24) is 9.78 Å². The van der Waals surface area contributed by atoms with Gasteiger partial charge in [0, 0.05) is 5.41 Å². The van der Waals surface area contributed by atoms with Crippen LogP contribution in [0, 0.1) is 0 Å². The molecule has 0 unspecified atom stereocenters. The molecule has 17 heavy (non-hydrogen) atoms. The molecule has 0 aromatic carbocycles. The highest BCUT2D eigenvalue weighted by Gasteiger charge is 2.29. The highest BCUT2D eigenvalue weighted by Crippen LogP contribution is 2.35. The van der Waals surface area contributed by atoms with Crippen LogP contribution in [0.3, 0.4) is 0 Å². The molecule has 0 aliphatic heterocycles. The molecule has 0 N–H and O–H groups in total. The van der Waals surface area contributed by atoms with Crippen LogP contribution in [0.15, 0.2) is 0 Å². The van der Waals surface area contributed by atoms with Crippen LogP contribution in [0.1, 0.15) is 68.5 Å². The molecule has 2 rings (SSSR count). The fraction of sp³-hybridized carbons (Fsp3) is 0.692. The zero-order valence-electron chi connectivity index (χ0n) is 10.7. The summed E-state index contributed by atoms with van der Waals surface area (Å²) in [6.45, 7) is 6.16. The van der Waals surface area contributed by atoms with E-state index in [4.69, 9.17) is 11.6 Å². The van der Waals surface area contributed by atoms with Gasteiger partial charge in [0.25, 0.3) is 0 Å². The molecule has 1 aliphatic rings. The summed E-state index contributed by atoms with van der Waals surface area (Å²) < 4.78 is 1.86. The molecule has 0 amide bonds. The summed E-state index contributed by atoms with van der Waals surface area (Å²) in [5.74, 6) is 0. The van der Waals surface area contributed by atoms with Crippen molar-refractivity contribution in [3.63, 3.8) is 0 Å². The summed E-state index contributed by atoms with van der Waals surface area (Å²) in [6, 6.07) is 0.372. The van der Waals surface area contributed by atoms with E-state index in [0.29, 0.717) is 16.8 Å². The topological polar surface area (TPSA) is 34.9 Å². The minimum atomic E-state index is -0.149. The Bertz CT molecular complexity index is 425. The fourth-order valence-electron chi connectivity index (χ4n) is 2.48. The predicted octanol–water partition coefficient (Wildman–Crippen LogP) is 3.76. The number of halogens is 1. The van der Waals surface area contributed by atoms with Gasteiger partial charge < -0.3 is 0 Å². The van der Waals surface area contributed by atoms with Crippen LogP contribution in [0.25, 0.3) is 0 Å². The molecule has 1 heterocycles. The Morgan fingerprint density at radius 3 is 2.35 bits per heavy atom. The molecule has 3 nitrogen and oxygen atoms in total. The summed E-state index contributed by atoms with van der Waals surface area (Å²) >= 11 is 6.28. The van der Waals surface area contributed by atoms with Gasteiger partial charge in [-0.25, -0.2) is 4.68 Å². The van der Waals surface area contributed by atoms with E-state index in [1.54, 1.807) is 0 Å². The number of carbonyl (C=O) groups excluding carboxylic acids is 1. The van der Waals surface area contributed by atoms with E-state index in [9.17, 15) is 4.79 Å². The molecule has 0 radical (unpaired) electrons. The van der Waals surface area contributed by atoms with Gasteiger partial charge in [-0.2, -0.15) is 5.10 Å². The van der Waals surface area contributed by atoms with Crippen LogP contribution in [0.2, 0.25) is 5.15 Å². The number of aldehydes is 1. The lowest BCUT2D eigenvalue weighted by atomic mass is 9.90. The molecule has 1 fully saturated rings. The standard InChI is InChI=1S/C13H19ClN2O/c1-13(2,3)11-10(8-17)12(14)16(15-11)9-6-4-5-7-9/h8-9H,4-7H2,1-3H3. The van der Waals surface area contributed by atoms with Crippen molar-refractivity contribution >= 4 is 17.9 Å². The molecule has 0 spiro atoms. The molecule has 1 aromatic heterocycles. The van der Waals surface area contributed by atoms with Gasteiger partial charge >= 0.3 is 0 Å². The van der Waals surface area contributed by atoms with Crippen molar-refractivity contribution in [2.45, 2.75) is 57.9 Å². The first-order chi connectivity index (χ1) is 7.95. The normalized spacial score (nSPS) is 17.6. The molecule has 1 aliphatic carbocycles.